The van der Waals surface area contributed by atoms with Crippen LogP contribution in [0.2, 0.25) is 0 Å². The highest BCUT2D eigenvalue weighted by molar-refractivity contribution is 5.87. The first-order valence-corrected chi connectivity index (χ1v) is 13.1. The molecular formula is C30H44N4O2. The van der Waals surface area contributed by atoms with Gasteiger partial charge in [-0.3, -0.25) is 14.6 Å². The molecule has 1 heterocycles. The Bertz CT molecular complexity index is 1010. The lowest BCUT2D eigenvalue weighted by Gasteiger charge is -2.33. The molecule has 1 aliphatic carbocycles. The first-order valence-electron chi connectivity index (χ1n) is 13.1. The summed E-state index contributed by atoms with van der Waals surface area (Å²) in [7, 11) is 1.85. The molecule has 6 heteroatoms. The third kappa shape index (κ3) is 6.88. The van der Waals surface area contributed by atoms with E-state index in [2.05, 4.69) is 54.5 Å². The Balaban J connectivity index is 0.00000361. The highest BCUT2D eigenvalue weighted by atomic mass is 16.2. The van der Waals surface area contributed by atoms with Gasteiger partial charge in [0.1, 0.15) is 0 Å². The van der Waals surface area contributed by atoms with E-state index in [0.717, 1.165) is 50.9 Å². The van der Waals surface area contributed by atoms with Crippen LogP contribution in [0.3, 0.4) is 0 Å². The number of nitrogens with one attached hydrogen (secondary N) is 1. The van der Waals surface area contributed by atoms with Crippen molar-refractivity contribution in [3.8, 4) is 0 Å². The Morgan fingerprint density at radius 2 is 1.61 bits per heavy atom. The van der Waals surface area contributed by atoms with E-state index in [-0.39, 0.29) is 32.3 Å². The number of anilines is 1. The molecule has 0 radical (unpaired) electrons. The van der Waals surface area contributed by atoms with Crippen LogP contribution in [-0.2, 0) is 35.5 Å². The number of amides is 2. The fourth-order valence-electron chi connectivity index (χ4n) is 5.20. The average molecular weight is 493 g/mol. The molecule has 196 valence electrons. The van der Waals surface area contributed by atoms with Crippen LogP contribution in [0.1, 0.15) is 69.2 Å². The first kappa shape index (κ1) is 27.7. The van der Waals surface area contributed by atoms with Gasteiger partial charge in [-0.25, -0.2) is 5.01 Å². The van der Waals surface area contributed by atoms with E-state index in [4.69, 9.17) is 0 Å². The van der Waals surface area contributed by atoms with E-state index < -0.39 is 0 Å². The third-order valence-corrected chi connectivity index (χ3v) is 7.26. The lowest BCUT2D eigenvalue weighted by molar-refractivity contribution is -0.145. The summed E-state index contributed by atoms with van der Waals surface area (Å²) in [4.78, 5) is 28.4. The number of hydrogen-bond donors (Lipinski definition) is 1. The largest absolute Gasteiger partial charge is 0.355 e. The molecule has 0 unspecified atom stereocenters. The van der Waals surface area contributed by atoms with Gasteiger partial charge in [0.05, 0.1) is 13.1 Å². The molecule has 0 saturated carbocycles. The smallest absolute Gasteiger partial charge is 0.256 e. The predicted molar refractivity (Wildman–Crippen MR) is 148 cm³/mol. The molecule has 2 amide bonds. The van der Waals surface area contributed by atoms with Gasteiger partial charge in [-0.15, -0.1) is 0 Å². The lowest BCUT2D eigenvalue weighted by atomic mass is 9.90. The molecule has 2 aliphatic rings. The normalized spacial score (nSPS) is 14.6. The van der Waals surface area contributed by atoms with E-state index in [1.54, 1.807) is 5.01 Å². The molecule has 0 saturated heterocycles. The summed E-state index contributed by atoms with van der Waals surface area (Å²) in [5, 5.41) is 6.89. The van der Waals surface area contributed by atoms with Gasteiger partial charge in [-0.1, -0.05) is 57.7 Å². The molecule has 36 heavy (non-hydrogen) atoms. The molecule has 1 N–H and O–H groups in total. The van der Waals surface area contributed by atoms with Crippen LogP contribution in [0.4, 0.5) is 5.69 Å². The van der Waals surface area contributed by atoms with Gasteiger partial charge >= 0.3 is 0 Å². The Morgan fingerprint density at radius 1 is 0.944 bits per heavy atom. The topological polar surface area (TPSA) is 55.9 Å². The van der Waals surface area contributed by atoms with Crippen molar-refractivity contribution in [3.63, 3.8) is 0 Å². The van der Waals surface area contributed by atoms with Crippen LogP contribution < -0.4 is 10.2 Å². The summed E-state index contributed by atoms with van der Waals surface area (Å²) < 4.78 is 0. The monoisotopic (exact) mass is 492 g/mol. The number of nitrogens with zero attached hydrogens (tertiary/aromatic N) is 3. The fourth-order valence-corrected chi connectivity index (χ4v) is 5.20. The van der Waals surface area contributed by atoms with E-state index in [1.165, 1.54) is 28.7 Å². The summed E-state index contributed by atoms with van der Waals surface area (Å²) in [6, 6.07) is 14.7. The van der Waals surface area contributed by atoms with Crippen molar-refractivity contribution in [1.29, 1.82) is 0 Å². The highest BCUT2D eigenvalue weighted by Crippen LogP contribution is 2.31. The summed E-state index contributed by atoms with van der Waals surface area (Å²) in [5.74, 6) is 0.606. The Labute approximate surface area is 217 Å². The zero-order valence-electron chi connectivity index (χ0n) is 21.6. The number of aryl methyl sites for hydroxylation is 1. The maximum atomic E-state index is 13.5. The van der Waals surface area contributed by atoms with Gasteiger partial charge in [-0.05, 0) is 72.8 Å². The van der Waals surface area contributed by atoms with Crippen molar-refractivity contribution in [2.45, 2.75) is 72.9 Å². The standard InChI is InChI=1S/C29H40N4O2.CH4/c1-22(2)10-9-17-30-28(34)20-32(27-16-8-14-23-11-6-7-15-26(23)27)21-29(35)31(3)33-18-24-12-4-5-13-25(24)19-33;/h4-5,8,12-14,16,22H,6-7,9-11,15,17-21H2,1-3H3,(H,30,34);1H4. The molecule has 0 aromatic heterocycles. The zero-order valence-corrected chi connectivity index (χ0v) is 21.6. The molecule has 4 rings (SSSR count). The van der Waals surface area contributed by atoms with Crippen LogP contribution in [0, 0.1) is 5.92 Å². The molecule has 1 aliphatic heterocycles. The quantitative estimate of drug-likeness (QED) is 0.477. The minimum Gasteiger partial charge on any atom is -0.355 e. The zero-order chi connectivity index (χ0) is 24.8. The highest BCUT2D eigenvalue weighted by Gasteiger charge is 2.27. The molecule has 0 spiro atoms. The summed E-state index contributed by atoms with van der Waals surface area (Å²) in [5.41, 5.74) is 6.22. The first-order chi connectivity index (χ1) is 16.9. The van der Waals surface area contributed by atoms with Gasteiger partial charge in [0, 0.05) is 32.4 Å². The van der Waals surface area contributed by atoms with E-state index in [1.807, 2.05) is 24.1 Å². The fraction of sp³-hybridized carbons (Fsp3) is 0.533. The number of likely N-dealkylation sites (N-methyl/N-ethyl adjacent to an activating group) is 1. The van der Waals surface area contributed by atoms with Crippen molar-refractivity contribution in [1.82, 2.24) is 15.3 Å². The minimum atomic E-state index is -0.0220. The SMILES string of the molecule is C.CC(C)CCCNC(=O)CN(CC(=O)N(C)N1Cc2ccccc2C1)c1cccc2c1CCCC2. The maximum absolute atomic E-state index is 13.5. The minimum absolute atomic E-state index is 0. The van der Waals surface area contributed by atoms with E-state index in [9.17, 15) is 9.59 Å². The number of hydrogen-bond acceptors (Lipinski definition) is 4. The number of fused-ring (bicyclic) bond motifs is 2. The molecule has 0 atom stereocenters. The van der Waals surface area contributed by atoms with Crippen LogP contribution in [-0.4, -0.2) is 48.5 Å². The van der Waals surface area contributed by atoms with Gasteiger partial charge in [-0.2, -0.15) is 0 Å². The maximum Gasteiger partial charge on any atom is 0.256 e. The lowest BCUT2D eigenvalue weighted by Crippen LogP contribution is -2.48. The van der Waals surface area contributed by atoms with Gasteiger partial charge < -0.3 is 10.2 Å². The number of carbonyl (C=O) groups excluding carboxylic acids is 2. The van der Waals surface area contributed by atoms with Crippen molar-refractivity contribution in [2.75, 3.05) is 31.6 Å². The third-order valence-electron chi connectivity index (χ3n) is 7.26. The van der Waals surface area contributed by atoms with Crippen molar-refractivity contribution in [3.05, 3.63) is 64.7 Å². The number of carbonyl (C=O) groups is 2. The summed E-state index contributed by atoms with van der Waals surface area (Å²) in [6.45, 7) is 6.91. The average Bonchev–Trinajstić information content (AvgIpc) is 3.29. The van der Waals surface area contributed by atoms with Gasteiger partial charge in [0.25, 0.3) is 5.91 Å². The molecule has 6 nitrogen and oxygen atoms in total. The predicted octanol–water partition coefficient (Wildman–Crippen LogP) is 4.95. The number of benzene rings is 2. The van der Waals surface area contributed by atoms with E-state index >= 15 is 0 Å². The van der Waals surface area contributed by atoms with Crippen molar-refractivity contribution in [2.24, 2.45) is 5.92 Å². The molecule has 2 aromatic rings. The Hall–Kier alpha value is -2.86. The molecule has 0 bridgehead atoms. The number of rotatable bonds is 10. The second-order valence-electron chi connectivity index (χ2n) is 10.4. The molecular weight excluding hydrogens is 448 g/mol. The summed E-state index contributed by atoms with van der Waals surface area (Å²) in [6.07, 6.45) is 6.49. The Kier molecular flexibility index (Phi) is 9.94. The van der Waals surface area contributed by atoms with Crippen LogP contribution >= 0.6 is 0 Å². The van der Waals surface area contributed by atoms with E-state index in [0.29, 0.717) is 12.5 Å². The van der Waals surface area contributed by atoms with Crippen LogP contribution in [0.5, 0.6) is 0 Å². The second kappa shape index (κ2) is 12.9. The van der Waals surface area contributed by atoms with Gasteiger partial charge in [0.2, 0.25) is 5.91 Å². The molecule has 2 aromatic carbocycles. The van der Waals surface area contributed by atoms with Crippen molar-refractivity contribution < 1.29 is 9.59 Å². The number of hydrazine groups is 1. The molecule has 0 fully saturated rings. The van der Waals surface area contributed by atoms with Crippen LogP contribution in [0.25, 0.3) is 0 Å². The Morgan fingerprint density at radius 3 is 2.31 bits per heavy atom. The van der Waals surface area contributed by atoms with Crippen molar-refractivity contribution >= 4 is 17.5 Å². The van der Waals surface area contributed by atoms with Gasteiger partial charge in [0.15, 0.2) is 0 Å². The second-order valence-corrected chi connectivity index (χ2v) is 10.4. The van der Waals surface area contributed by atoms with Crippen LogP contribution in [0.15, 0.2) is 42.5 Å². The summed E-state index contributed by atoms with van der Waals surface area (Å²) >= 11 is 0.